The Labute approximate surface area is 104 Å². The predicted octanol–water partition coefficient (Wildman–Crippen LogP) is 2.21. The van der Waals surface area contributed by atoms with Gasteiger partial charge in [0, 0.05) is 19.1 Å². The summed E-state index contributed by atoms with van der Waals surface area (Å²) in [5.41, 5.74) is 5.97. The lowest BCUT2D eigenvalue weighted by molar-refractivity contribution is 0.0677. The summed E-state index contributed by atoms with van der Waals surface area (Å²) >= 11 is 7.34. The van der Waals surface area contributed by atoms with Crippen LogP contribution < -0.4 is 5.73 Å². The lowest BCUT2D eigenvalue weighted by Gasteiger charge is -2.34. The lowest BCUT2D eigenvalue weighted by Crippen LogP contribution is -2.49. The first-order valence-electron chi connectivity index (χ1n) is 5.37. The highest BCUT2D eigenvalue weighted by Gasteiger charge is 2.28. The number of carbonyl (C=O) groups excluding carboxylic acids is 1. The van der Waals surface area contributed by atoms with Gasteiger partial charge in [-0.3, -0.25) is 4.79 Å². The third-order valence-corrected chi connectivity index (χ3v) is 4.44. The van der Waals surface area contributed by atoms with Gasteiger partial charge in [0.15, 0.2) is 0 Å². The summed E-state index contributed by atoms with van der Waals surface area (Å²) < 4.78 is 0. The summed E-state index contributed by atoms with van der Waals surface area (Å²) in [6, 6.07) is 1.84. The van der Waals surface area contributed by atoms with Gasteiger partial charge in [-0.1, -0.05) is 18.5 Å². The number of carbonyl (C=O) groups is 1. The van der Waals surface area contributed by atoms with E-state index < -0.39 is 0 Å². The lowest BCUT2D eigenvalue weighted by atomic mass is 9.94. The van der Waals surface area contributed by atoms with E-state index in [1.54, 1.807) is 6.07 Å². The number of piperidine rings is 1. The quantitative estimate of drug-likeness (QED) is 0.840. The highest BCUT2D eigenvalue weighted by molar-refractivity contribution is 7.12. The monoisotopic (exact) mass is 258 g/mol. The van der Waals surface area contributed by atoms with Crippen molar-refractivity contribution in [3.8, 4) is 0 Å². The topological polar surface area (TPSA) is 46.3 Å². The van der Waals surface area contributed by atoms with Crippen LogP contribution in [-0.2, 0) is 0 Å². The van der Waals surface area contributed by atoms with Crippen LogP contribution in [0.4, 0.5) is 0 Å². The van der Waals surface area contributed by atoms with Gasteiger partial charge in [0.2, 0.25) is 0 Å². The molecule has 0 spiro atoms. The molecule has 2 atom stereocenters. The van der Waals surface area contributed by atoms with E-state index in [9.17, 15) is 4.79 Å². The maximum Gasteiger partial charge on any atom is 0.265 e. The summed E-state index contributed by atoms with van der Waals surface area (Å²) in [4.78, 5) is 14.6. The summed E-state index contributed by atoms with van der Waals surface area (Å²) in [6.07, 6.45) is 0.968. The Kier molecular flexibility index (Phi) is 3.52. The second-order valence-electron chi connectivity index (χ2n) is 4.28. The molecule has 0 bridgehead atoms. The van der Waals surface area contributed by atoms with Gasteiger partial charge in [0.1, 0.15) is 4.88 Å². The Hall–Kier alpha value is -0.580. The maximum absolute atomic E-state index is 12.1. The van der Waals surface area contributed by atoms with E-state index in [0.717, 1.165) is 13.0 Å². The van der Waals surface area contributed by atoms with Crippen LogP contribution in [0.15, 0.2) is 11.4 Å². The molecular formula is C11H15ClN2OS. The Balaban J connectivity index is 2.09. The first kappa shape index (κ1) is 11.9. The zero-order chi connectivity index (χ0) is 11.7. The highest BCUT2D eigenvalue weighted by Crippen LogP contribution is 2.25. The Morgan fingerprint density at radius 1 is 1.69 bits per heavy atom. The van der Waals surface area contributed by atoms with Crippen LogP contribution in [0.25, 0.3) is 0 Å². The van der Waals surface area contributed by atoms with Crippen molar-refractivity contribution in [1.82, 2.24) is 4.90 Å². The first-order valence-corrected chi connectivity index (χ1v) is 6.63. The van der Waals surface area contributed by atoms with Gasteiger partial charge in [-0.05, 0) is 23.8 Å². The standard InChI is InChI=1S/C11H15ClN2OS/c1-7-2-4-14(6-9(7)13)11(15)10-8(12)3-5-16-10/h3,5,7,9H,2,4,6,13H2,1H3. The van der Waals surface area contributed by atoms with Gasteiger partial charge in [-0.2, -0.15) is 0 Å². The third kappa shape index (κ3) is 2.24. The van der Waals surface area contributed by atoms with Crippen LogP contribution in [-0.4, -0.2) is 29.9 Å². The Morgan fingerprint density at radius 2 is 2.44 bits per heavy atom. The molecule has 2 unspecified atom stereocenters. The van der Waals surface area contributed by atoms with E-state index in [0.29, 0.717) is 22.4 Å². The van der Waals surface area contributed by atoms with E-state index in [4.69, 9.17) is 17.3 Å². The molecule has 2 N–H and O–H groups in total. The van der Waals surface area contributed by atoms with Crippen molar-refractivity contribution >= 4 is 28.8 Å². The molecule has 0 radical (unpaired) electrons. The van der Waals surface area contributed by atoms with Crippen molar-refractivity contribution < 1.29 is 4.79 Å². The zero-order valence-corrected chi connectivity index (χ0v) is 10.7. The number of hydrogen-bond acceptors (Lipinski definition) is 3. The summed E-state index contributed by atoms with van der Waals surface area (Å²) in [5, 5.41) is 2.38. The fraction of sp³-hybridized carbons (Fsp3) is 0.545. The minimum absolute atomic E-state index is 0.0161. The van der Waals surface area contributed by atoms with E-state index in [-0.39, 0.29) is 11.9 Å². The van der Waals surface area contributed by atoms with Crippen LogP contribution in [0.1, 0.15) is 23.0 Å². The van der Waals surface area contributed by atoms with Gasteiger partial charge in [-0.25, -0.2) is 0 Å². The number of rotatable bonds is 1. The van der Waals surface area contributed by atoms with Crippen LogP contribution in [0.2, 0.25) is 5.02 Å². The van der Waals surface area contributed by atoms with E-state index in [1.165, 1.54) is 11.3 Å². The molecule has 0 aromatic carbocycles. The Bertz CT molecular complexity index is 393. The fourth-order valence-corrected chi connectivity index (χ4v) is 2.98. The zero-order valence-electron chi connectivity index (χ0n) is 9.15. The van der Waals surface area contributed by atoms with E-state index in [1.807, 2.05) is 10.3 Å². The number of hydrogen-bond donors (Lipinski definition) is 1. The van der Waals surface area contributed by atoms with Crippen LogP contribution in [0.3, 0.4) is 0 Å². The number of nitrogens with zero attached hydrogens (tertiary/aromatic N) is 1. The van der Waals surface area contributed by atoms with Crippen molar-refractivity contribution in [2.45, 2.75) is 19.4 Å². The van der Waals surface area contributed by atoms with Crippen LogP contribution in [0.5, 0.6) is 0 Å². The summed E-state index contributed by atoms with van der Waals surface area (Å²) in [5.74, 6) is 0.505. The maximum atomic E-state index is 12.1. The molecule has 3 nitrogen and oxygen atoms in total. The molecule has 1 aliphatic heterocycles. The van der Waals surface area contributed by atoms with E-state index >= 15 is 0 Å². The highest BCUT2D eigenvalue weighted by atomic mass is 35.5. The largest absolute Gasteiger partial charge is 0.336 e. The minimum Gasteiger partial charge on any atom is -0.336 e. The molecule has 1 saturated heterocycles. The van der Waals surface area contributed by atoms with Crippen molar-refractivity contribution in [2.75, 3.05) is 13.1 Å². The number of thiophene rings is 1. The average Bonchev–Trinajstić information content (AvgIpc) is 2.67. The smallest absolute Gasteiger partial charge is 0.265 e. The molecule has 1 fully saturated rings. The van der Waals surface area contributed by atoms with Crippen molar-refractivity contribution in [3.05, 3.63) is 21.3 Å². The third-order valence-electron chi connectivity index (χ3n) is 3.12. The number of halogens is 1. The Morgan fingerprint density at radius 3 is 3.00 bits per heavy atom. The molecule has 2 heterocycles. The second-order valence-corrected chi connectivity index (χ2v) is 5.60. The molecule has 1 aromatic heterocycles. The molecule has 2 rings (SSSR count). The predicted molar refractivity (Wildman–Crippen MR) is 67.0 cm³/mol. The van der Waals surface area contributed by atoms with Crippen LogP contribution in [0, 0.1) is 5.92 Å². The van der Waals surface area contributed by atoms with Gasteiger partial charge < -0.3 is 10.6 Å². The van der Waals surface area contributed by atoms with E-state index in [2.05, 4.69) is 6.92 Å². The molecule has 1 amide bonds. The van der Waals surface area contributed by atoms with Gasteiger partial charge in [0.05, 0.1) is 5.02 Å². The average molecular weight is 259 g/mol. The summed E-state index contributed by atoms with van der Waals surface area (Å²) in [6.45, 7) is 3.54. The second kappa shape index (κ2) is 4.73. The van der Waals surface area contributed by atoms with Gasteiger partial charge in [-0.15, -0.1) is 11.3 Å². The molecular weight excluding hydrogens is 244 g/mol. The molecule has 16 heavy (non-hydrogen) atoms. The minimum atomic E-state index is 0.0161. The molecule has 1 aromatic rings. The molecule has 0 aliphatic carbocycles. The molecule has 0 saturated carbocycles. The molecule has 1 aliphatic rings. The molecule has 5 heteroatoms. The van der Waals surface area contributed by atoms with Gasteiger partial charge in [0.25, 0.3) is 5.91 Å². The number of amides is 1. The van der Waals surface area contributed by atoms with Crippen molar-refractivity contribution in [1.29, 1.82) is 0 Å². The van der Waals surface area contributed by atoms with Crippen molar-refractivity contribution in [3.63, 3.8) is 0 Å². The molecule has 88 valence electrons. The SMILES string of the molecule is CC1CCN(C(=O)c2sccc2Cl)CC1N. The van der Waals surface area contributed by atoms with Gasteiger partial charge >= 0.3 is 0 Å². The fourth-order valence-electron chi connectivity index (χ4n) is 1.87. The summed E-state index contributed by atoms with van der Waals surface area (Å²) in [7, 11) is 0. The first-order chi connectivity index (χ1) is 7.59. The normalized spacial score (nSPS) is 25.8. The number of nitrogens with two attached hydrogens (primary N) is 1. The number of likely N-dealkylation sites (tertiary alicyclic amines) is 1. The van der Waals surface area contributed by atoms with Crippen LogP contribution >= 0.6 is 22.9 Å². The van der Waals surface area contributed by atoms with Crippen molar-refractivity contribution in [2.24, 2.45) is 11.7 Å².